The second-order valence-electron chi connectivity index (χ2n) is 8.26. The average Bonchev–Trinajstić information content (AvgIpc) is 3.30. The number of halogens is 4. The molecule has 1 saturated heterocycles. The smallest absolute Gasteiger partial charge is 0.444 e. The first kappa shape index (κ1) is 26.5. The molecule has 14 heteroatoms. The van der Waals surface area contributed by atoms with Crippen molar-refractivity contribution in [2.24, 2.45) is 0 Å². The maximum atomic E-state index is 14.0. The first-order chi connectivity index (χ1) is 15.2. The Kier molecular flexibility index (Phi) is 8.38. The molecule has 3 amide bonds. The Bertz CT molecular complexity index is 899. The molecule has 0 aliphatic carbocycles. The van der Waals surface area contributed by atoms with Crippen molar-refractivity contribution in [2.45, 2.75) is 70.6 Å². The number of ether oxygens (including phenoxy) is 1. The average molecular weight is 495 g/mol. The van der Waals surface area contributed by atoms with E-state index in [0.717, 1.165) is 11.0 Å². The van der Waals surface area contributed by atoms with Crippen LogP contribution in [0.3, 0.4) is 0 Å². The summed E-state index contributed by atoms with van der Waals surface area (Å²) in [5, 5.41) is 9.47. The van der Waals surface area contributed by atoms with Crippen molar-refractivity contribution in [3.8, 4) is 0 Å². The second kappa shape index (κ2) is 10.4. The van der Waals surface area contributed by atoms with E-state index in [4.69, 9.17) is 4.74 Å². The van der Waals surface area contributed by atoms with Gasteiger partial charge in [-0.15, -0.1) is 10.2 Å². The second-order valence-corrected chi connectivity index (χ2v) is 9.24. The van der Waals surface area contributed by atoms with E-state index in [1.165, 1.54) is 6.08 Å². The fourth-order valence-corrected chi connectivity index (χ4v) is 3.47. The van der Waals surface area contributed by atoms with Gasteiger partial charge in [0.25, 0.3) is 0 Å². The van der Waals surface area contributed by atoms with Gasteiger partial charge in [0, 0.05) is 18.5 Å². The molecule has 9 nitrogen and oxygen atoms in total. The van der Waals surface area contributed by atoms with Gasteiger partial charge in [0.1, 0.15) is 17.8 Å². The number of rotatable bonds is 6. The number of likely N-dealkylation sites (tertiary alicyclic amines) is 1. The Balaban J connectivity index is 1.97. The fourth-order valence-electron chi connectivity index (χ4n) is 2.86. The lowest BCUT2D eigenvalue weighted by Crippen LogP contribution is -2.49. The Morgan fingerprint density at radius 3 is 2.48 bits per heavy atom. The first-order valence-corrected chi connectivity index (χ1v) is 10.8. The maximum Gasteiger partial charge on any atom is 0.445 e. The molecule has 0 bridgehead atoms. The van der Waals surface area contributed by atoms with Crippen molar-refractivity contribution in [2.75, 3.05) is 11.9 Å². The SMILES string of the molecule is CC[C@@H](/C=C/C(=O)Nc1nnc(C(F)(F)F)s1)NC(=O)[C@@H]1C[C@H](F)CN1C(=O)OC(C)(C)C. The van der Waals surface area contributed by atoms with Crippen LogP contribution in [-0.2, 0) is 20.5 Å². The van der Waals surface area contributed by atoms with Crippen LogP contribution in [0.5, 0.6) is 0 Å². The number of amides is 3. The van der Waals surface area contributed by atoms with Gasteiger partial charge in [-0.05, 0) is 27.2 Å². The third-order valence-corrected chi connectivity index (χ3v) is 5.21. The molecule has 0 saturated carbocycles. The molecule has 184 valence electrons. The highest BCUT2D eigenvalue weighted by Crippen LogP contribution is 2.33. The molecule has 1 aliphatic rings. The van der Waals surface area contributed by atoms with E-state index in [1.54, 1.807) is 27.7 Å². The van der Waals surface area contributed by atoms with Crippen LogP contribution in [0, 0.1) is 0 Å². The lowest BCUT2D eigenvalue weighted by atomic mass is 10.1. The minimum atomic E-state index is -4.67. The number of anilines is 1. The molecule has 0 unspecified atom stereocenters. The van der Waals surface area contributed by atoms with E-state index in [1.807, 2.05) is 0 Å². The van der Waals surface area contributed by atoms with Gasteiger partial charge in [-0.1, -0.05) is 24.3 Å². The fraction of sp³-hybridized carbons (Fsp3) is 0.632. The Hall–Kier alpha value is -2.77. The number of alkyl halides is 4. The Morgan fingerprint density at radius 2 is 1.94 bits per heavy atom. The number of carbonyl (C=O) groups is 3. The van der Waals surface area contributed by atoms with Gasteiger partial charge >= 0.3 is 12.3 Å². The third-order valence-electron chi connectivity index (χ3n) is 4.33. The minimum Gasteiger partial charge on any atom is -0.444 e. The Labute approximate surface area is 191 Å². The number of nitrogens with one attached hydrogen (secondary N) is 2. The zero-order chi connectivity index (χ0) is 25.0. The highest BCUT2D eigenvalue weighted by molar-refractivity contribution is 7.15. The molecule has 1 fully saturated rings. The van der Waals surface area contributed by atoms with E-state index >= 15 is 0 Å². The number of carbonyl (C=O) groups excluding carboxylic acids is 3. The molecule has 1 aromatic rings. The number of aromatic nitrogens is 2. The normalized spacial score (nSPS) is 20.1. The molecule has 2 N–H and O–H groups in total. The summed E-state index contributed by atoms with van der Waals surface area (Å²) in [6, 6.07) is -1.73. The van der Waals surface area contributed by atoms with Gasteiger partial charge in [-0.25, -0.2) is 9.18 Å². The van der Waals surface area contributed by atoms with E-state index in [9.17, 15) is 31.9 Å². The first-order valence-electron chi connectivity index (χ1n) is 10.0. The van der Waals surface area contributed by atoms with Crippen molar-refractivity contribution in [1.29, 1.82) is 0 Å². The van der Waals surface area contributed by atoms with Crippen molar-refractivity contribution < 1.29 is 36.7 Å². The molecular formula is C19H25F4N5O4S. The van der Waals surface area contributed by atoms with Gasteiger partial charge in [-0.3, -0.25) is 19.8 Å². The highest BCUT2D eigenvalue weighted by atomic mass is 32.1. The van der Waals surface area contributed by atoms with Crippen LogP contribution in [0.1, 0.15) is 45.5 Å². The van der Waals surface area contributed by atoms with Crippen LogP contribution < -0.4 is 10.6 Å². The summed E-state index contributed by atoms with van der Waals surface area (Å²) in [6.07, 6.45) is -4.33. The molecule has 3 atom stereocenters. The summed E-state index contributed by atoms with van der Waals surface area (Å²) < 4.78 is 56.9. The third kappa shape index (κ3) is 7.94. The standard InChI is InChI=1S/C19H25F4N5O4S/c1-5-11(6-7-13(29)25-16-27-26-15(33-16)19(21,22)23)24-14(30)12-8-10(20)9-28(12)17(31)32-18(2,3)4/h6-7,10-12H,5,8-9H2,1-4H3,(H,24,30)(H,25,27,29)/b7-6+/t10-,11-,12-/m0/s1. The zero-order valence-electron chi connectivity index (χ0n) is 18.4. The summed E-state index contributed by atoms with van der Waals surface area (Å²) in [6.45, 7) is 6.39. The van der Waals surface area contributed by atoms with Crippen LogP contribution in [0.15, 0.2) is 12.2 Å². The lowest BCUT2D eigenvalue weighted by Gasteiger charge is -2.28. The summed E-state index contributed by atoms with van der Waals surface area (Å²) in [5.74, 6) is -1.38. The van der Waals surface area contributed by atoms with Gasteiger partial charge in [0.15, 0.2) is 0 Å². The topological polar surface area (TPSA) is 114 Å². The zero-order valence-corrected chi connectivity index (χ0v) is 19.2. The molecule has 0 spiro atoms. The van der Waals surface area contributed by atoms with Crippen molar-refractivity contribution in [3.63, 3.8) is 0 Å². The summed E-state index contributed by atoms with van der Waals surface area (Å²) in [5.41, 5.74) is -0.817. The summed E-state index contributed by atoms with van der Waals surface area (Å²) in [4.78, 5) is 38.0. The molecule has 2 heterocycles. The predicted octanol–water partition coefficient (Wildman–Crippen LogP) is 3.29. The molecule has 1 aromatic heterocycles. The largest absolute Gasteiger partial charge is 0.445 e. The van der Waals surface area contributed by atoms with E-state index < -0.39 is 52.9 Å². The van der Waals surface area contributed by atoms with Gasteiger partial charge in [0.05, 0.1) is 6.54 Å². The van der Waals surface area contributed by atoms with Crippen LogP contribution >= 0.6 is 11.3 Å². The predicted molar refractivity (Wildman–Crippen MR) is 111 cm³/mol. The monoisotopic (exact) mass is 495 g/mol. The van der Waals surface area contributed by atoms with Crippen LogP contribution in [0.2, 0.25) is 0 Å². The lowest BCUT2D eigenvalue weighted by molar-refractivity contribution is -0.138. The van der Waals surface area contributed by atoms with Crippen LogP contribution in [-0.4, -0.2) is 63.4 Å². The quantitative estimate of drug-likeness (QED) is 0.463. The van der Waals surface area contributed by atoms with Crippen molar-refractivity contribution >= 4 is 34.4 Å². The number of hydrogen-bond acceptors (Lipinski definition) is 7. The van der Waals surface area contributed by atoms with Crippen LogP contribution in [0.4, 0.5) is 27.5 Å². The molecule has 0 aromatic carbocycles. The summed E-state index contributed by atoms with van der Waals surface area (Å²) >= 11 is 0.175. The van der Waals surface area contributed by atoms with Crippen molar-refractivity contribution in [1.82, 2.24) is 20.4 Å². The number of nitrogens with zero attached hydrogens (tertiary/aromatic N) is 3. The van der Waals surface area contributed by atoms with Gasteiger partial charge in [-0.2, -0.15) is 13.2 Å². The molecule has 1 aliphatic heterocycles. The van der Waals surface area contributed by atoms with Gasteiger partial charge in [0.2, 0.25) is 22.0 Å². The molecule has 33 heavy (non-hydrogen) atoms. The van der Waals surface area contributed by atoms with E-state index in [0.29, 0.717) is 6.42 Å². The number of hydrogen-bond donors (Lipinski definition) is 2. The summed E-state index contributed by atoms with van der Waals surface area (Å²) in [7, 11) is 0. The highest BCUT2D eigenvalue weighted by Gasteiger charge is 2.42. The molecule has 2 rings (SSSR count). The van der Waals surface area contributed by atoms with E-state index in [2.05, 4.69) is 20.8 Å². The minimum absolute atomic E-state index is 0.175. The Morgan fingerprint density at radius 1 is 1.27 bits per heavy atom. The molecular weight excluding hydrogens is 470 g/mol. The molecule has 0 radical (unpaired) electrons. The van der Waals surface area contributed by atoms with E-state index in [-0.39, 0.29) is 29.4 Å². The van der Waals surface area contributed by atoms with Gasteiger partial charge < -0.3 is 10.1 Å². The maximum absolute atomic E-state index is 14.0. The van der Waals surface area contributed by atoms with Crippen molar-refractivity contribution in [3.05, 3.63) is 17.2 Å². The van der Waals surface area contributed by atoms with Crippen LogP contribution in [0.25, 0.3) is 0 Å².